The highest BCUT2D eigenvalue weighted by molar-refractivity contribution is 7.92. The van der Waals surface area contributed by atoms with Crippen molar-refractivity contribution in [2.24, 2.45) is 0 Å². The van der Waals surface area contributed by atoms with Crippen LogP contribution in [-0.2, 0) is 26.0 Å². The highest BCUT2D eigenvalue weighted by Gasteiger charge is 2.34. The number of nitrogens with zero attached hydrogens (tertiary/aromatic N) is 2. The van der Waals surface area contributed by atoms with Crippen LogP contribution in [0.4, 0.5) is 10.1 Å². The van der Waals surface area contributed by atoms with Crippen LogP contribution in [0, 0.1) is 5.82 Å². The maximum atomic E-state index is 14.0. The first kappa shape index (κ1) is 29.3. The summed E-state index contributed by atoms with van der Waals surface area (Å²) in [5.74, 6) is -1.27. The van der Waals surface area contributed by atoms with Crippen LogP contribution < -0.4 is 9.62 Å². The van der Waals surface area contributed by atoms with Gasteiger partial charge in [-0.25, -0.2) is 12.8 Å². The lowest BCUT2D eigenvalue weighted by Gasteiger charge is -2.33. The molecule has 1 aliphatic carbocycles. The summed E-state index contributed by atoms with van der Waals surface area (Å²) >= 11 is 0. The van der Waals surface area contributed by atoms with Gasteiger partial charge in [-0.3, -0.25) is 13.9 Å². The first-order valence-electron chi connectivity index (χ1n) is 13.8. The molecule has 0 radical (unpaired) electrons. The van der Waals surface area contributed by atoms with Crippen LogP contribution in [0.25, 0.3) is 0 Å². The van der Waals surface area contributed by atoms with Gasteiger partial charge in [0.25, 0.3) is 10.0 Å². The Balaban J connectivity index is 1.65. The zero-order valence-corrected chi connectivity index (χ0v) is 23.5. The van der Waals surface area contributed by atoms with E-state index in [1.165, 1.54) is 17.0 Å². The van der Waals surface area contributed by atoms with Crippen LogP contribution in [0.1, 0.15) is 44.6 Å². The molecule has 0 spiro atoms. The van der Waals surface area contributed by atoms with E-state index in [0.29, 0.717) is 18.5 Å². The van der Waals surface area contributed by atoms with Crippen LogP contribution >= 0.6 is 0 Å². The molecule has 0 saturated heterocycles. The SMILES string of the molecule is CC[C@@H](C(=O)NC1CCCC1)N(CCc1ccccc1)C(=O)CN(c1ccccc1)S(=O)(=O)c1ccc(F)cc1. The summed E-state index contributed by atoms with van der Waals surface area (Å²) in [6, 6.07) is 21.8. The Morgan fingerprint density at radius 1 is 0.925 bits per heavy atom. The fraction of sp³-hybridized carbons (Fsp3) is 0.355. The lowest BCUT2D eigenvalue weighted by molar-refractivity contribution is -0.139. The van der Waals surface area contributed by atoms with E-state index >= 15 is 0 Å². The molecule has 40 heavy (non-hydrogen) atoms. The molecule has 1 aliphatic rings. The Morgan fingerprint density at radius 3 is 2.12 bits per heavy atom. The molecule has 1 N–H and O–H groups in total. The Hall–Kier alpha value is -3.72. The van der Waals surface area contributed by atoms with Crippen molar-refractivity contribution in [2.75, 3.05) is 17.4 Å². The van der Waals surface area contributed by atoms with Crippen LogP contribution in [0.15, 0.2) is 89.8 Å². The molecule has 0 aromatic heterocycles. The zero-order chi connectivity index (χ0) is 28.5. The van der Waals surface area contributed by atoms with Gasteiger partial charge in [-0.2, -0.15) is 0 Å². The third-order valence-electron chi connectivity index (χ3n) is 7.30. The van der Waals surface area contributed by atoms with Crippen molar-refractivity contribution in [2.45, 2.75) is 62.4 Å². The molecule has 0 heterocycles. The fourth-order valence-corrected chi connectivity index (χ4v) is 6.53. The average Bonchev–Trinajstić information content (AvgIpc) is 3.48. The van der Waals surface area contributed by atoms with Gasteiger partial charge >= 0.3 is 0 Å². The molecule has 212 valence electrons. The van der Waals surface area contributed by atoms with Crippen molar-refractivity contribution in [3.05, 3.63) is 96.3 Å². The number of hydrogen-bond acceptors (Lipinski definition) is 4. The normalized spacial score (nSPS) is 14.4. The number of sulfonamides is 1. The standard InChI is InChI=1S/C31H36FN3O4S/c1-2-29(31(37)33-26-13-9-10-14-26)34(22-21-24-11-5-3-6-12-24)30(36)23-35(27-15-7-4-8-16-27)40(38,39)28-19-17-25(32)18-20-28/h3-8,11-12,15-20,26,29H,2,9-10,13-14,21-23H2,1H3,(H,33,37)/t29-/m0/s1. The molecule has 0 aliphatic heterocycles. The molecule has 1 fully saturated rings. The number of amides is 2. The molecular formula is C31H36FN3O4S. The molecule has 0 bridgehead atoms. The Kier molecular flexibility index (Phi) is 9.93. The van der Waals surface area contributed by atoms with Crippen LogP contribution in [-0.4, -0.2) is 50.3 Å². The second-order valence-corrected chi connectivity index (χ2v) is 11.9. The lowest BCUT2D eigenvalue weighted by Crippen LogP contribution is -2.54. The number of carbonyl (C=O) groups excluding carboxylic acids is 2. The minimum Gasteiger partial charge on any atom is -0.352 e. The lowest BCUT2D eigenvalue weighted by atomic mass is 10.1. The van der Waals surface area contributed by atoms with Crippen LogP contribution in [0.3, 0.4) is 0 Å². The van der Waals surface area contributed by atoms with Crippen molar-refractivity contribution in [3.63, 3.8) is 0 Å². The predicted octanol–water partition coefficient (Wildman–Crippen LogP) is 4.93. The van der Waals surface area contributed by atoms with E-state index < -0.39 is 34.3 Å². The van der Waals surface area contributed by atoms with Gasteiger partial charge in [0.15, 0.2) is 0 Å². The molecular weight excluding hydrogens is 529 g/mol. The molecule has 3 aromatic rings. The van der Waals surface area contributed by atoms with Crippen LogP contribution in [0.2, 0.25) is 0 Å². The van der Waals surface area contributed by atoms with Gasteiger partial charge in [-0.05, 0) is 67.6 Å². The topological polar surface area (TPSA) is 86.8 Å². The minimum atomic E-state index is -4.22. The molecule has 1 atom stereocenters. The van der Waals surface area contributed by atoms with E-state index in [1.54, 1.807) is 30.3 Å². The molecule has 0 unspecified atom stereocenters. The van der Waals surface area contributed by atoms with E-state index in [4.69, 9.17) is 0 Å². The van der Waals surface area contributed by atoms with Crippen molar-refractivity contribution < 1.29 is 22.4 Å². The maximum Gasteiger partial charge on any atom is 0.264 e. The number of nitrogens with one attached hydrogen (secondary N) is 1. The number of hydrogen-bond donors (Lipinski definition) is 1. The van der Waals surface area contributed by atoms with E-state index in [-0.39, 0.29) is 23.4 Å². The number of halogens is 1. The summed E-state index contributed by atoms with van der Waals surface area (Å²) in [6.45, 7) is 1.59. The smallest absolute Gasteiger partial charge is 0.264 e. The van der Waals surface area contributed by atoms with E-state index in [2.05, 4.69) is 5.32 Å². The van der Waals surface area contributed by atoms with Gasteiger partial charge in [0.2, 0.25) is 11.8 Å². The highest BCUT2D eigenvalue weighted by atomic mass is 32.2. The summed E-state index contributed by atoms with van der Waals surface area (Å²) in [5.41, 5.74) is 1.30. The van der Waals surface area contributed by atoms with Gasteiger partial charge in [-0.1, -0.05) is 68.3 Å². The Labute approximate surface area is 236 Å². The second kappa shape index (κ2) is 13.6. The monoisotopic (exact) mass is 565 g/mol. The molecule has 3 aromatic carbocycles. The van der Waals surface area contributed by atoms with Gasteiger partial charge < -0.3 is 10.2 Å². The third-order valence-corrected chi connectivity index (χ3v) is 9.08. The molecule has 7 nitrogen and oxygen atoms in total. The van der Waals surface area contributed by atoms with Crippen molar-refractivity contribution >= 4 is 27.5 Å². The first-order chi connectivity index (χ1) is 19.3. The van der Waals surface area contributed by atoms with Crippen LogP contribution in [0.5, 0.6) is 0 Å². The molecule has 2 amide bonds. The summed E-state index contributed by atoms with van der Waals surface area (Å²) in [4.78, 5) is 28.8. The largest absolute Gasteiger partial charge is 0.352 e. The van der Waals surface area contributed by atoms with Gasteiger partial charge in [0.1, 0.15) is 18.4 Å². The van der Waals surface area contributed by atoms with Crippen molar-refractivity contribution in [1.29, 1.82) is 0 Å². The molecule has 9 heteroatoms. The third kappa shape index (κ3) is 7.27. The summed E-state index contributed by atoms with van der Waals surface area (Å²) < 4.78 is 42.1. The Morgan fingerprint density at radius 2 is 1.52 bits per heavy atom. The van der Waals surface area contributed by atoms with Crippen molar-refractivity contribution in [1.82, 2.24) is 10.2 Å². The number of anilines is 1. The fourth-order valence-electron chi connectivity index (χ4n) is 5.12. The van der Waals surface area contributed by atoms with Gasteiger partial charge in [0, 0.05) is 12.6 Å². The van der Waals surface area contributed by atoms with E-state index in [0.717, 1.165) is 47.7 Å². The van der Waals surface area contributed by atoms with E-state index in [9.17, 15) is 22.4 Å². The van der Waals surface area contributed by atoms with Gasteiger partial charge in [0.05, 0.1) is 10.6 Å². The molecule has 1 saturated carbocycles. The van der Waals surface area contributed by atoms with Crippen molar-refractivity contribution in [3.8, 4) is 0 Å². The second-order valence-electron chi connectivity index (χ2n) is 10.0. The zero-order valence-electron chi connectivity index (χ0n) is 22.7. The number of rotatable bonds is 12. The molecule has 4 rings (SSSR count). The Bertz CT molecular complexity index is 1360. The quantitative estimate of drug-likeness (QED) is 0.338. The average molecular weight is 566 g/mol. The number of para-hydroxylation sites is 1. The van der Waals surface area contributed by atoms with Gasteiger partial charge in [-0.15, -0.1) is 0 Å². The van der Waals surface area contributed by atoms with E-state index in [1.807, 2.05) is 37.3 Å². The summed E-state index contributed by atoms with van der Waals surface area (Å²) in [5, 5.41) is 3.11. The number of benzene rings is 3. The first-order valence-corrected chi connectivity index (χ1v) is 15.2. The summed E-state index contributed by atoms with van der Waals surface area (Å²) in [6.07, 6.45) is 4.85. The highest BCUT2D eigenvalue weighted by Crippen LogP contribution is 2.25. The summed E-state index contributed by atoms with van der Waals surface area (Å²) in [7, 11) is -4.22. The predicted molar refractivity (Wildman–Crippen MR) is 154 cm³/mol. The minimum absolute atomic E-state index is 0.0901. The number of carbonyl (C=O) groups is 2. The maximum absolute atomic E-state index is 14.0.